The quantitative estimate of drug-likeness (QED) is 0.839. The first-order chi connectivity index (χ1) is 12.1. The summed E-state index contributed by atoms with van der Waals surface area (Å²) in [4.78, 5) is 29.4. The van der Waals surface area contributed by atoms with E-state index in [2.05, 4.69) is 10.2 Å². The summed E-state index contributed by atoms with van der Waals surface area (Å²) in [6.07, 6.45) is 0. The maximum Gasteiger partial charge on any atom is 0.255 e. The predicted octanol–water partition coefficient (Wildman–Crippen LogP) is 1.12. The smallest absolute Gasteiger partial charge is 0.255 e. The topological polar surface area (TPSA) is 61.9 Å². The van der Waals surface area contributed by atoms with Gasteiger partial charge in [-0.25, -0.2) is 0 Å². The van der Waals surface area contributed by atoms with E-state index >= 15 is 0 Å². The van der Waals surface area contributed by atoms with Gasteiger partial charge in [-0.05, 0) is 17.5 Å². The van der Waals surface area contributed by atoms with Gasteiger partial charge in [0.05, 0.1) is 13.2 Å². The summed E-state index contributed by atoms with van der Waals surface area (Å²) >= 11 is 0. The molecule has 1 unspecified atom stereocenters. The summed E-state index contributed by atoms with van der Waals surface area (Å²) in [5, 5.41) is 3.02. The van der Waals surface area contributed by atoms with Crippen LogP contribution >= 0.6 is 0 Å². The van der Waals surface area contributed by atoms with Crippen molar-refractivity contribution in [1.82, 2.24) is 15.1 Å². The van der Waals surface area contributed by atoms with Gasteiger partial charge in [-0.15, -0.1) is 0 Å². The molecular formula is C19H27N3O3. The number of amides is 2. The fourth-order valence-electron chi connectivity index (χ4n) is 3.57. The highest BCUT2D eigenvalue weighted by atomic mass is 16.5. The standard InChI is InChI=1S/C19H27N3O3/c1-14(2)17(18(23)20-7-8-21-9-11-25-12-10-21)22-13-15-5-3-4-6-16(15)19(22)24/h3-6,14,17H,7-13H2,1-2H3,(H,20,23). The van der Waals surface area contributed by atoms with E-state index in [0.29, 0.717) is 18.7 Å². The highest BCUT2D eigenvalue weighted by Gasteiger charge is 2.37. The maximum atomic E-state index is 12.8. The van der Waals surface area contributed by atoms with Crippen molar-refractivity contribution in [3.63, 3.8) is 0 Å². The normalized spacial score (nSPS) is 19.2. The molecule has 2 heterocycles. The minimum atomic E-state index is -0.440. The van der Waals surface area contributed by atoms with Crippen molar-refractivity contribution in [3.05, 3.63) is 35.4 Å². The Morgan fingerprint density at radius 3 is 2.64 bits per heavy atom. The van der Waals surface area contributed by atoms with Crippen molar-refractivity contribution in [2.75, 3.05) is 39.4 Å². The Morgan fingerprint density at radius 2 is 1.96 bits per heavy atom. The Bertz CT molecular complexity index is 626. The van der Waals surface area contributed by atoms with Gasteiger partial charge in [0.15, 0.2) is 0 Å². The highest BCUT2D eigenvalue weighted by molar-refractivity contribution is 6.01. The highest BCUT2D eigenvalue weighted by Crippen LogP contribution is 2.26. The van der Waals surface area contributed by atoms with Gasteiger partial charge in [0.25, 0.3) is 5.91 Å². The van der Waals surface area contributed by atoms with Crippen molar-refractivity contribution in [3.8, 4) is 0 Å². The van der Waals surface area contributed by atoms with Crippen LogP contribution in [0.5, 0.6) is 0 Å². The van der Waals surface area contributed by atoms with E-state index in [9.17, 15) is 9.59 Å². The lowest BCUT2D eigenvalue weighted by Gasteiger charge is -2.31. The van der Waals surface area contributed by atoms with Gasteiger partial charge in [-0.1, -0.05) is 32.0 Å². The predicted molar refractivity (Wildman–Crippen MR) is 95.2 cm³/mol. The van der Waals surface area contributed by atoms with Gasteiger partial charge < -0.3 is 15.0 Å². The Morgan fingerprint density at radius 1 is 1.24 bits per heavy atom. The van der Waals surface area contributed by atoms with Crippen LogP contribution in [0, 0.1) is 5.92 Å². The molecule has 0 bridgehead atoms. The minimum Gasteiger partial charge on any atom is -0.379 e. The molecule has 0 saturated carbocycles. The van der Waals surface area contributed by atoms with Crippen LogP contribution in [-0.2, 0) is 16.1 Å². The first-order valence-corrected chi connectivity index (χ1v) is 9.04. The monoisotopic (exact) mass is 345 g/mol. The summed E-state index contributed by atoms with van der Waals surface area (Å²) in [5.74, 6) is -0.0521. The molecule has 1 atom stereocenters. The fourth-order valence-corrected chi connectivity index (χ4v) is 3.57. The van der Waals surface area contributed by atoms with Gasteiger partial charge in [0.1, 0.15) is 6.04 Å². The van der Waals surface area contributed by atoms with Gasteiger partial charge in [0.2, 0.25) is 5.91 Å². The Kier molecular flexibility index (Phi) is 5.71. The van der Waals surface area contributed by atoms with E-state index in [1.807, 2.05) is 38.1 Å². The van der Waals surface area contributed by atoms with Gasteiger partial charge >= 0.3 is 0 Å². The molecule has 1 N–H and O–H groups in total. The molecule has 3 rings (SSSR count). The molecule has 1 aromatic carbocycles. The average Bonchev–Trinajstić information content (AvgIpc) is 2.93. The summed E-state index contributed by atoms with van der Waals surface area (Å²) in [7, 11) is 0. The number of carbonyl (C=O) groups is 2. The Hall–Kier alpha value is -1.92. The van der Waals surface area contributed by atoms with Crippen LogP contribution in [0.4, 0.5) is 0 Å². The first-order valence-electron chi connectivity index (χ1n) is 9.04. The number of rotatable bonds is 6. The van der Waals surface area contributed by atoms with Gasteiger partial charge in [-0.2, -0.15) is 0 Å². The average molecular weight is 345 g/mol. The molecule has 25 heavy (non-hydrogen) atoms. The molecule has 1 saturated heterocycles. The third-order valence-corrected chi connectivity index (χ3v) is 4.92. The number of benzene rings is 1. The molecule has 2 amide bonds. The molecule has 2 aliphatic heterocycles. The molecule has 0 aliphatic carbocycles. The van der Waals surface area contributed by atoms with Crippen molar-refractivity contribution in [2.24, 2.45) is 5.92 Å². The Balaban J connectivity index is 1.59. The zero-order chi connectivity index (χ0) is 17.8. The first kappa shape index (κ1) is 17.9. The summed E-state index contributed by atoms with van der Waals surface area (Å²) in [6.45, 7) is 9.21. The number of fused-ring (bicyclic) bond motifs is 1. The van der Waals surface area contributed by atoms with Crippen LogP contribution in [0.1, 0.15) is 29.8 Å². The number of hydrogen-bond donors (Lipinski definition) is 1. The lowest BCUT2D eigenvalue weighted by molar-refractivity contribution is -0.127. The molecule has 0 spiro atoms. The molecule has 1 aromatic rings. The number of carbonyl (C=O) groups excluding carboxylic acids is 2. The Labute approximate surface area is 149 Å². The van der Waals surface area contributed by atoms with Gasteiger partial charge in [-0.3, -0.25) is 14.5 Å². The van der Waals surface area contributed by atoms with Gasteiger partial charge in [0, 0.05) is 38.3 Å². The number of ether oxygens (including phenoxy) is 1. The number of nitrogens with zero attached hydrogens (tertiary/aromatic N) is 2. The van der Waals surface area contributed by atoms with Crippen LogP contribution in [0.3, 0.4) is 0 Å². The van der Waals surface area contributed by atoms with Crippen LogP contribution in [0.25, 0.3) is 0 Å². The molecule has 0 aromatic heterocycles. The molecule has 136 valence electrons. The molecule has 0 radical (unpaired) electrons. The minimum absolute atomic E-state index is 0.0439. The van der Waals surface area contributed by atoms with Crippen LogP contribution in [0.15, 0.2) is 24.3 Å². The van der Waals surface area contributed by atoms with E-state index in [1.54, 1.807) is 4.90 Å². The van der Waals surface area contributed by atoms with E-state index in [-0.39, 0.29) is 17.7 Å². The van der Waals surface area contributed by atoms with Crippen LogP contribution in [-0.4, -0.2) is 67.0 Å². The molecular weight excluding hydrogens is 318 g/mol. The number of nitrogens with one attached hydrogen (secondary N) is 1. The summed E-state index contributed by atoms with van der Waals surface area (Å²) < 4.78 is 5.33. The molecule has 6 nitrogen and oxygen atoms in total. The largest absolute Gasteiger partial charge is 0.379 e. The van der Waals surface area contributed by atoms with Crippen LogP contribution < -0.4 is 5.32 Å². The third kappa shape index (κ3) is 4.02. The van der Waals surface area contributed by atoms with E-state index in [4.69, 9.17) is 4.74 Å². The SMILES string of the molecule is CC(C)C(C(=O)NCCN1CCOCC1)N1Cc2ccccc2C1=O. The van der Waals surface area contributed by atoms with Crippen molar-refractivity contribution >= 4 is 11.8 Å². The van der Waals surface area contributed by atoms with E-state index in [0.717, 1.165) is 38.4 Å². The lowest BCUT2D eigenvalue weighted by Crippen LogP contribution is -2.51. The number of morpholine rings is 1. The summed E-state index contributed by atoms with van der Waals surface area (Å²) in [6, 6.07) is 7.16. The third-order valence-electron chi connectivity index (χ3n) is 4.92. The second-order valence-electron chi connectivity index (χ2n) is 7.02. The number of hydrogen-bond acceptors (Lipinski definition) is 4. The van der Waals surface area contributed by atoms with Crippen LogP contribution in [0.2, 0.25) is 0 Å². The summed E-state index contributed by atoms with van der Waals surface area (Å²) in [5.41, 5.74) is 1.72. The maximum absolute atomic E-state index is 12.8. The second kappa shape index (κ2) is 7.97. The second-order valence-corrected chi connectivity index (χ2v) is 7.02. The molecule has 2 aliphatic rings. The van der Waals surface area contributed by atoms with Crippen molar-refractivity contribution in [1.29, 1.82) is 0 Å². The van der Waals surface area contributed by atoms with Crippen molar-refractivity contribution in [2.45, 2.75) is 26.4 Å². The zero-order valence-electron chi connectivity index (χ0n) is 15.0. The molecule has 1 fully saturated rings. The van der Waals surface area contributed by atoms with E-state index in [1.165, 1.54) is 0 Å². The lowest BCUT2D eigenvalue weighted by atomic mass is 10.0. The molecule has 6 heteroatoms. The van der Waals surface area contributed by atoms with E-state index < -0.39 is 6.04 Å². The van der Waals surface area contributed by atoms with Crippen molar-refractivity contribution < 1.29 is 14.3 Å². The zero-order valence-corrected chi connectivity index (χ0v) is 15.0. The fraction of sp³-hybridized carbons (Fsp3) is 0.579.